The fraction of sp³-hybridized carbons (Fsp3) is 0.273. The molecule has 0 saturated carbocycles. The molecule has 2 heterocycles. The van der Waals surface area contributed by atoms with Crippen molar-refractivity contribution >= 4 is 51.4 Å². The summed E-state index contributed by atoms with van der Waals surface area (Å²) < 4.78 is 27.7. The molecule has 224 valence electrons. The van der Waals surface area contributed by atoms with Crippen LogP contribution in [0.25, 0.3) is 28.2 Å². The van der Waals surface area contributed by atoms with E-state index >= 15 is 4.39 Å². The summed E-state index contributed by atoms with van der Waals surface area (Å²) >= 11 is 0. The number of hydrogen-bond acceptors (Lipinski definition) is 7. The van der Waals surface area contributed by atoms with E-state index in [1.54, 1.807) is 75.4 Å². The maximum atomic E-state index is 15.7. The molecule has 2 N–H and O–H groups in total. The van der Waals surface area contributed by atoms with Gasteiger partial charge in [0.15, 0.2) is 5.82 Å². The van der Waals surface area contributed by atoms with Crippen molar-refractivity contribution < 1.29 is 18.8 Å². The van der Waals surface area contributed by atoms with E-state index < -0.39 is 17.2 Å². The number of rotatable bonds is 10. The zero-order valence-corrected chi connectivity index (χ0v) is 24.5. The molecule has 11 heteroatoms. The van der Waals surface area contributed by atoms with Gasteiger partial charge in [0.2, 0.25) is 0 Å². The number of nitrogens with zero attached hydrogens (tertiary/aromatic N) is 3. The molecule has 3 aromatic carbocycles. The molecule has 0 aliphatic carbocycles. The van der Waals surface area contributed by atoms with E-state index in [2.05, 4.69) is 14.7 Å². The number of H-pyrrole nitrogens is 1. The van der Waals surface area contributed by atoms with Crippen molar-refractivity contribution in [1.29, 1.82) is 0 Å². The van der Waals surface area contributed by atoms with Gasteiger partial charge in [0.25, 0.3) is 5.56 Å². The third-order valence-electron chi connectivity index (χ3n) is 7.14. The van der Waals surface area contributed by atoms with Crippen LogP contribution in [0, 0.1) is 12.7 Å². The van der Waals surface area contributed by atoms with Gasteiger partial charge in [-0.15, -0.1) is 0 Å². The number of aliphatic hydroxyl groups excluding tert-OH is 1. The molecular formula is C33H34FKN4O5. The molecule has 0 aliphatic rings. The van der Waals surface area contributed by atoms with E-state index in [-0.39, 0.29) is 75.8 Å². The van der Waals surface area contributed by atoms with E-state index in [1.807, 2.05) is 13.0 Å². The van der Waals surface area contributed by atoms with Crippen LogP contribution >= 0.6 is 0 Å². The van der Waals surface area contributed by atoms with E-state index in [0.29, 0.717) is 57.2 Å². The number of aryl methyl sites for hydroxylation is 2. The first-order valence-electron chi connectivity index (χ1n) is 14.1. The van der Waals surface area contributed by atoms with Crippen molar-refractivity contribution in [3.8, 4) is 34.0 Å². The molecule has 44 heavy (non-hydrogen) atoms. The molecule has 2 aromatic heterocycles. The number of nitrogens with one attached hydrogen (secondary N) is 1. The summed E-state index contributed by atoms with van der Waals surface area (Å²) in [6.07, 6.45) is 1.42. The summed E-state index contributed by atoms with van der Waals surface area (Å²) in [7, 11) is 0. The van der Waals surface area contributed by atoms with Crippen molar-refractivity contribution in [1.82, 2.24) is 19.7 Å². The fourth-order valence-electron chi connectivity index (χ4n) is 4.99. The van der Waals surface area contributed by atoms with Crippen LogP contribution in [0.1, 0.15) is 49.8 Å². The van der Waals surface area contributed by atoms with Gasteiger partial charge in [-0.2, -0.15) is 0 Å². The molecule has 9 nitrogen and oxygen atoms in total. The van der Waals surface area contributed by atoms with Gasteiger partial charge in [0.1, 0.15) is 23.0 Å². The summed E-state index contributed by atoms with van der Waals surface area (Å²) in [5.41, 5.74) is 2.87. The van der Waals surface area contributed by atoms with Gasteiger partial charge in [0.05, 0.1) is 18.0 Å². The van der Waals surface area contributed by atoms with E-state index in [9.17, 15) is 14.7 Å². The third-order valence-corrected chi connectivity index (χ3v) is 7.14. The Bertz CT molecular complexity index is 1880. The van der Waals surface area contributed by atoms with Gasteiger partial charge in [-0.25, -0.2) is 14.2 Å². The SMILES string of the molecule is CCCc1nc(C)n(-c2ccc(OC(C)(C)CO)cc2)c(=O)c1Cc1ccc(-c2ccccc2-c2noc(=O)[nH]2)cc1F.[KH]. The number of benzene rings is 3. The Kier molecular flexibility index (Phi) is 10.9. The van der Waals surface area contributed by atoms with Crippen LogP contribution in [-0.2, 0) is 12.8 Å². The van der Waals surface area contributed by atoms with Crippen LogP contribution in [0.4, 0.5) is 4.39 Å². The summed E-state index contributed by atoms with van der Waals surface area (Å²) in [5.74, 6) is 0.185. The third kappa shape index (κ3) is 7.36. The quantitative estimate of drug-likeness (QED) is 0.215. The van der Waals surface area contributed by atoms with Crippen LogP contribution in [0.2, 0.25) is 0 Å². The van der Waals surface area contributed by atoms with Crippen molar-refractivity contribution in [2.24, 2.45) is 0 Å². The molecule has 0 aliphatic heterocycles. The topological polar surface area (TPSA) is 123 Å². The molecule has 5 aromatic rings. The molecule has 0 spiro atoms. The molecule has 0 saturated heterocycles. The van der Waals surface area contributed by atoms with Gasteiger partial charge in [-0.1, -0.05) is 54.9 Å². The summed E-state index contributed by atoms with van der Waals surface area (Å²) in [6, 6.07) is 19.0. The van der Waals surface area contributed by atoms with Gasteiger partial charge in [-0.3, -0.25) is 18.9 Å². The maximum absolute atomic E-state index is 15.7. The molecule has 5 rings (SSSR count). The number of aliphatic hydroxyl groups is 1. The van der Waals surface area contributed by atoms with Gasteiger partial charge in [0, 0.05) is 17.5 Å². The van der Waals surface area contributed by atoms with Crippen LogP contribution < -0.4 is 16.1 Å². The van der Waals surface area contributed by atoms with Crippen LogP contribution in [0.3, 0.4) is 0 Å². The minimum absolute atomic E-state index is 0. The Morgan fingerprint density at radius 1 is 1.05 bits per heavy atom. The average molecular weight is 625 g/mol. The number of hydrogen-bond donors (Lipinski definition) is 2. The number of aromatic nitrogens is 4. The molecule has 0 unspecified atom stereocenters. The first kappa shape index (κ1) is 33.7. The number of ether oxygens (including phenoxy) is 1. The summed E-state index contributed by atoms with van der Waals surface area (Å²) in [5, 5.41) is 13.3. The van der Waals surface area contributed by atoms with Crippen molar-refractivity contribution in [2.45, 2.75) is 52.6 Å². The fourth-order valence-corrected chi connectivity index (χ4v) is 4.99. The summed E-state index contributed by atoms with van der Waals surface area (Å²) in [6.45, 7) is 7.20. The van der Waals surface area contributed by atoms with E-state index in [0.717, 1.165) is 6.42 Å². The zero-order chi connectivity index (χ0) is 30.7. The molecular weight excluding hydrogens is 590 g/mol. The van der Waals surface area contributed by atoms with Gasteiger partial charge in [-0.05, 0) is 74.2 Å². The first-order valence-corrected chi connectivity index (χ1v) is 14.1. The Balaban J connectivity index is 0.00000442. The molecule has 0 radical (unpaired) electrons. The van der Waals surface area contributed by atoms with Crippen molar-refractivity contribution in [3.05, 3.63) is 116 Å². The number of halogens is 1. The molecule has 0 bridgehead atoms. The van der Waals surface area contributed by atoms with Crippen molar-refractivity contribution in [3.63, 3.8) is 0 Å². The van der Waals surface area contributed by atoms with Crippen LogP contribution in [0.15, 0.2) is 80.8 Å². The molecule has 0 amide bonds. The standard InChI is InChI=1S/C33H33FN4O5.K.H/c1-5-8-29-27(31(40)38(20(2)35-29)23-13-15-24(16-14-23)42-33(3,4)19-39)17-22-12-11-21(18-28(22)34)25-9-6-7-10-26(25)30-36-32(41)43-37-30;;/h6-7,9-16,18,39H,5,8,17,19H2,1-4H3,(H,36,37,41);;. The van der Waals surface area contributed by atoms with E-state index in [4.69, 9.17) is 9.72 Å². The van der Waals surface area contributed by atoms with Gasteiger partial charge < -0.3 is 9.84 Å². The number of aromatic amines is 1. The average Bonchev–Trinajstić information content (AvgIpc) is 3.42. The Labute approximate surface area is 296 Å². The first-order chi connectivity index (χ1) is 20.6. The summed E-state index contributed by atoms with van der Waals surface area (Å²) in [4.78, 5) is 32.8. The second kappa shape index (κ2) is 14.3. The second-order valence-corrected chi connectivity index (χ2v) is 11.0. The Morgan fingerprint density at radius 2 is 1.75 bits per heavy atom. The monoisotopic (exact) mass is 624 g/mol. The van der Waals surface area contributed by atoms with E-state index in [1.165, 1.54) is 10.6 Å². The predicted molar refractivity (Wildman–Crippen MR) is 168 cm³/mol. The van der Waals surface area contributed by atoms with Crippen molar-refractivity contribution in [2.75, 3.05) is 6.61 Å². The zero-order valence-electron chi connectivity index (χ0n) is 24.5. The van der Waals surface area contributed by atoms with Crippen LogP contribution in [0.5, 0.6) is 5.75 Å². The predicted octanol–water partition coefficient (Wildman–Crippen LogP) is 4.73. The normalized spacial score (nSPS) is 11.3. The van der Waals surface area contributed by atoms with Crippen LogP contribution in [-0.4, -0.2) is 88.4 Å². The minimum atomic E-state index is -0.748. The Morgan fingerprint density at radius 3 is 2.36 bits per heavy atom. The Hall–Kier alpha value is -3.19. The van der Waals surface area contributed by atoms with Gasteiger partial charge >= 0.3 is 57.1 Å². The second-order valence-electron chi connectivity index (χ2n) is 11.0. The molecule has 0 atom stereocenters. The molecule has 0 fully saturated rings.